The van der Waals surface area contributed by atoms with Gasteiger partial charge in [0.05, 0.1) is 23.6 Å². The molecule has 6 nitrogen and oxygen atoms in total. The summed E-state index contributed by atoms with van der Waals surface area (Å²) in [4.78, 5) is 41.1. The van der Waals surface area contributed by atoms with Gasteiger partial charge in [0.15, 0.2) is 5.78 Å². The standard InChI is InChI=1S/C22H17N3O3/c26-20(14-8-3-1-4-9-14)19-18-17(16-12-7-13-23-25(16)19)21(27)24(22(18)28)15-10-5-2-6-11-15/h1-13,16-19H/t16-,17-,18+,19-/m0/s1. The summed E-state index contributed by atoms with van der Waals surface area (Å²) in [6.45, 7) is 0. The zero-order valence-electron chi connectivity index (χ0n) is 14.9. The second-order valence-electron chi connectivity index (χ2n) is 7.09. The van der Waals surface area contributed by atoms with Gasteiger partial charge in [0, 0.05) is 11.8 Å². The molecule has 2 amide bonds. The lowest BCUT2D eigenvalue weighted by Gasteiger charge is -2.30. The van der Waals surface area contributed by atoms with Crippen molar-refractivity contribution in [3.8, 4) is 0 Å². The minimum atomic E-state index is -0.802. The summed E-state index contributed by atoms with van der Waals surface area (Å²) in [6.07, 6.45) is 5.20. The molecule has 0 saturated carbocycles. The Kier molecular flexibility index (Phi) is 3.72. The highest BCUT2D eigenvalue weighted by Gasteiger charge is 2.64. The van der Waals surface area contributed by atoms with E-state index >= 15 is 0 Å². The normalized spacial score (nSPS) is 27.9. The fourth-order valence-electron chi connectivity index (χ4n) is 4.44. The number of carbonyl (C=O) groups is 3. The lowest BCUT2D eigenvalue weighted by atomic mass is 9.86. The Labute approximate surface area is 161 Å². The summed E-state index contributed by atoms with van der Waals surface area (Å²) in [7, 11) is 0. The van der Waals surface area contributed by atoms with Gasteiger partial charge in [0.1, 0.15) is 6.04 Å². The average Bonchev–Trinajstić information content (AvgIpc) is 3.22. The zero-order chi connectivity index (χ0) is 19.3. The molecule has 0 unspecified atom stereocenters. The molecule has 0 N–H and O–H groups in total. The molecule has 0 aliphatic carbocycles. The van der Waals surface area contributed by atoms with E-state index in [1.165, 1.54) is 4.90 Å². The first kappa shape index (κ1) is 16.6. The summed E-state index contributed by atoms with van der Waals surface area (Å²) < 4.78 is 0. The van der Waals surface area contributed by atoms with E-state index in [2.05, 4.69) is 5.10 Å². The van der Waals surface area contributed by atoms with Crippen LogP contribution in [0.25, 0.3) is 0 Å². The number of hydrogen-bond acceptors (Lipinski definition) is 5. The third kappa shape index (κ3) is 2.27. The van der Waals surface area contributed by atoms with E-state index < -0.39 is 23.9 Å². The van der Waals surface area contributed by atoms with Crippen LogP contribution in [0.1, 0.15) is 10.4 Å². The molecule has 0 bridgehead atoms. The molecule has 0 radical (unpaired) electrons. The maximum absolute atomic E-state index is 13.3. The predicted molar refractivity (Wildman–Crippen MR) is 104 cm³/mol. The lowest BCUT2D eigenvalue weighted by Crippen LogP contribution is -2.46. The first-order chi connectivity index (χ1) is 13.7. The second-order valence-corrected chi connectivity index (χ2v) is 7.09. The van der Waals surface area contributed by atoms with Gasteiger partial charge in [-0.1, -0.05) is 54.6 Å². The van der Waals surface area contributed by atoms with Crippen molar-refractivity contribution in [2.75, 3.05) is 4.90 Å². The monoisotopic (exact) mass is 371 g/mol. The molecule has 138 valence electrons. The number of rotatable bonds is 3. The predicted octanol–water partition coefficient (Wildman–Crippen LogP) is 2.28. The van der Waals surface area contributed by atoms with Crippen molar-refractivity contribution in [2.45, 2.75) is 12.1 Å². The number of benzene rings is 2. The van der Waals surface area contributed by atoms with Crippen molar-refractivity contribution in [1.29, 1.82) is 0 Å². The van der Waals surface area contributed by atoms with Crippen LogP contribution in [0.5, 0.6) is 0 Å². The summed E-state index contributed by atoms with van der Waals surface area (Å²) >= 11 is 0. The Morgan fingerprint density at radius 3 is 2.21 bits per heavy atom. The van der Waals surface area contributed by atoms with Crippen molar-refractivity contribution in [3.05, 3.63) is 78.4 Å². The molecule has 3 heterocycles. The molecule has 2 aromatic rings. The van der Waals surface area contributed by atoms with Gasteiger partial charge in [-0.15, -0.1) is 0 Å². The van der Waals surface area contributed by atoms with Gasteiger partial charge in [-0.3, -0.25) is 19.4 Å². The minimum Gasteiger partial charge on any atom is -0.292 e. The maximum Gasteiger partial charge on any atom is 0.240 e. The third-order valence-corrected chi connectivity index (χ3v) is 5.63. The summed E-state index contributed by atoms with van der Waals surface area (Å²) in [6, 6.07) is 16.5. The van der Waals surface area contributed by atoms with Crippen LogP contribution in [0.2, 0.25) is 0 Å². The topological polar surface area (TPSA) is 70.0 Å². The largest absolute Gasteiger partial charge is 0.292 e. The first-order valence-electron chi connectivity index (χ1n) is 9.20. The molecule has 5 rings (SSSR count). The van der Waals surface area contributed by atoms with Crippen molar-refractivity contribution < 1.29 is 14.4 Å². The molecule has 2 fully saturated rings. The number of ketones is 1. The van der Waals surface area contributed by atoms with Gasteiger partial charge in [0.25, 0.3) is 0 Å². The average molecular weight is 371 g/mol. The highest BCUT2D eigenvalue weighted by atomic mass is 16.2. The molecule has 0 aromatic heterocycles. The maximum atomic E-state index is 13.3. The zero-order valence-corrected chi connectivity index (χ0v) is 14.9. The fourth-order valence-corrected chi connectivity index (χ4v) is 4.44. The highest BCUT2D eigenvalue weighted by Crippen LogP contribution is 2.46. The van der Waals surface area contributed by atoms with Crippen LogP contribution in [-0.2, 0) is 9.59 Å². The van der Waals surface area contributed by atoms with Crippen molar-refractivity contribution in [2.24, 2.45) is 16.9 Å². The Balaban J connectivity index is 1.60. The number of para-hydroxylation sites is 1. The number of hydrogen-bond donors (Lipinski definition) is 0. The molecular formula is C22H17N3O3. The highest BCUT2D eigenvalue weighted by molar-refractivity contribution is 6.24. The Morgan fingerprint density at radius 1 is 0.857 bits per heavy atom. The van der Waals surface area contributed by atoms with E-state index in [4.69, 9.17) is 0 Å². The number of amides is 2. The molecular weight excluding hydrogens is 354 g/mol. The quantitative estimate of drug-likeness (QED) is 0.613. The summed E-state index contributed by atoms with van der Waals surface area (Å²) in [5.41, 5.74) is 1.04. The van der Waals surface area contributed by atoms with E-state index in [1.807, 2.05) is 18.2 Å². The molecule has 0 spiro atoms. The SMILES string of the molecule is O=C(c1ccccc1)[C@@H]1[C@@H]2C(=O)N(c3ccccc3)C(=O)[C@H]2[C@@H]2C=CC=NN12. The van der Waals surface area contributed by atoms with Gasteiger partial charge in [-0.25, -0.2) is 4.90 Å². The van der Waals surface area contributed by atoms with Crippen LogP contribution in [-0.4, -0.2) is 40.9 Å². The number of anilines is 1. The van der Waals surface area contributed by atoms with Crippen molar-refractivity contribution in [3.63, 3.8) is 0 Å². The molecule has 2 saturated heterocycles. The number of hydrazone groups is 1. The molecule has 4 atom stereocenters. The number of carbonyl (C=O) groups excluding carboxylic acids is 3. The summed E-state index contributed by atoms with van der Waals surface area (Å²) in [5, 5.41) is 5.97. The Morgan fingerprint density at radius 2 is 1.50 bits per heavy atom. The number of allylic oxidation sites excluding steroid dienone is 1. The van der Waals surface area contributed by atoms with Crippen LogP contribution in [0.15, 0.2) is 77.9 Å². The molecule has 28 heavy (non-hydrogen) atoms. The molecule has 6 heteroatoms. The summed E-state index contributed by atoms with van der Waals surface area (Å²) in [5.74, 6) is -2.19. The molecule has 3 aliphatic heterocycles. The van der Waals surface area contributed by atoms with Crippen LogP contribution in [0, 0.1) is 11.8 Å². The third-order valence-electron chi connectivity index (χ3n) is 5.63. The minimum absolute atomic E-state index is 0.193. The van der Waals surface area contributed by atoms with E-state index in [-0.39, 0.29) is 17.6 Å². The lowest BCUT2D eigenvalue weighted by molar-refractivity contribution is -0.123. The van der Waals surface area contributed by atoms with Gasteiger partial charge < -0.3 is 0 Å². The van der Waals surface area contributed by atoms with E-state index in [0.29, 0.717) is 11.3 Å². The number of imide groups is 1. The van der Waals surface area contributed by atoms with Crippen molar-refractivity contribution in [1.82, 2.24) is 5.01 Å². The van der Waals surface area contributed by atoms with Crippen LogP contribution < -0.4 is 4.90 Å². The van der Waals surface area contributed by atoms with Gasteiger partial charge in [-0.2, -0.15) is 5.10 Å². The first-order valence-corrected chi connectivity index (χ1v) is 9.20. The van der Waals surface area contributed by atoms with Crippen molar-refractivity contribution >= 4 is 29.5 Å². The van der Waals surface area contributed by atoms with Crippen LogP contribution >= 0.6 is 0 Å². The van der Waals surface area contributed by atoms with Crippen LogP contribution in [0.3, 0.4) is 0 Å². The van der Waals surface area contributed by atoms with E-state index in [9.17, 15) is 14.4 Å². The second kappa shape index (κ2) is 6.27. The Hall–Kier alpha value is -3.54. The van der Waals surface area contributed by atoms with Gasteiger partial charge in [-0.05, 0) is 18.2 Å². The Bertz CT molecular complexity index is 1020. The molecule has 3 aliphatic rings. The fraction of sp³-hybridized carbons (Fsp3) is 0.182. The smallest absolute Gasteiger partial charge is 0.240 e. The van der Waals surface area contributed by atoms with Crippen LogP contribution in [0.4, 0.5) is 5.69 Å². The van der Waals surface area contributed by atoms with E-state index in [0.717, 1.165) is 0 Å². The number of fused-ring (bicyclic) bond motifs is 3. The number of nitrogens with zero attached hydrogens (tertiary/aromatic N) is 3. The van der Waals surface area contributed by atoms with E-state index in [1.54, 1.807) is 65.8 Å². The number of Topliss-reactive ketones (excluding diaryl/α,β-unsaturated/α-hetero) is 1. The van der Waals surface area contributed by atoms with Gasteiger partial charge >= 0.3 is 0 Å². The van der Waals surface area contributed by atoms with Gasteiger partial charge in [0.2, 0.25) is 11.8 Å². The molecule has 2 aromatic carbocycles.